The van der Waals surface area contributed by atoms with Crippen LogP contribution in [-0.4, -0.2) is 39.0 Å². The van der Waals surface area contributed by atoms with Gasteiger partial charge in [0.25, 0.3) is 5.91 Å². The van der Waals surface area contributed by atoms with Crippen molar-refractivity contribution in [1.29, 1.82) is 0 Å². The summed E-state index contributed by atoms with van der Waals surface area (Å²) in [6.07, 6.45) is 6.01. The lowest BCUT2D eigenvalue weighted by atomic mass is 10.2. The zero-order valence-corrected chi connectivity index (χ0v) is 13.0. The maximum Gasteiger partial charge on any atom is 0.260 e. The van der Waals surface area contributed by atoms with Crippen molar-refractivity contribution in [1.82, 2.24) is 5.32 Å². The normalized spacial score (nSPS) is 15.0. The zero-order valence-electron chi connectivity index (χ0n) is 13.0. The second-order valence-corrected chi connectivity index (χ2v) is 5.17. The molecule has 0 saturated heterocycles. The van der Waals surface area contributed by atoms with Crippen molar-refractivity contribution in [2.75, 3.05) is 20.8 Å². The lowest BCUT2D eigenvalue weighted by molar-refractivity contribution is -0.126. The van der Waals surface area contributed by atoms with Gasteiger partial charge in [0.05, 0.1) is 20.4 Å². The molecule has 120 valence electrons. The minimum atomic E-state index is -0.128. The fourth-order valence-electron chi connectivity index (χ4n) is 2.47. The van der Waals surface area contributed by atoms with Crippen molar-refractivity contribution in [3.05, 3.63) is 23.8 Å². The van der Waals surface area contributed by atoms with Gasteiger partial charge in [0, 0.05) is 11.6 Å². The Kier molecular flexibility index (Phi) is 6.06. The number of rotatable bonds is 7. The second kappa shape index (κ2) is 8.26. The molecule has 22 heavy (non-hydrogen) atoms. The van der Waals surface area contributed by atoms with Gasteiger partial charge in [0.15, 0.2) is 18.1 Å². The molecule has 0 aliphatic heterocycles. The number of carbonyl (C=O) groups excluding carboxylic acids is 1. The fraction of sp³-hybridized carbons (Fsp3) is 0.500. The van der Waals surface area contributed by atoms with Gasteiger partial charge >= 0.3 is 0 Å². The molecule has 6 nitrogen and oxygen atoms in total. The van der Waals surface area contributed by atoms with Crippen molar-refractivity contribution < 1.29 is 19.1 Å². The van der Waals surface area contributed by atoms with Crippen molar-refractivity contribution in [3.63, 3.8) is 0 Å². The highest BCUT2D eigenvalue weighted by Crippen LogP contribution is 2.26. The molecule has 0 radical (unpaired) electrons. The maximum absolute atomic E-state index is 11.6. The van der Waals surface area contributed by atoms with E-state index in [1.54, 1.807) is 26.4 Å². The molecule has 0 unspecified atom stereocenters. The van der Waals surface area contributed by atoms with Crippen LogP contribution in [0.1, 0.15) is 31.2 Å². The van der Waals surface area contributed by atoms with Gasteiger partial charge in [-0.05, 0) is 31.0 Å². The van der Waals surface area contributed by atoms with E-state index in [1.807, 2.05) is 6.07 Å². The first-order chi connectivity index (χ1) is 10.7. The molecule has 1 N–H and O–H groups in total. The first-order valence-corrected chi connectivity index (χ1v) is 7.39. The number of hydrogen-bond acceptors (Lipinski definition) is 5. The van der Waals surface area contributed by atoms with Crippen LogP contribution < -0.4 is 14.8 Å². The molecule has 6 heteroatoms. The molecule has 1 aliphatic carbocycles. The van der Waals surface area contributed by atoms with Crippen LogP contribution in [0.2, 0.25) is 0 Å². The van der Waals surface area contributed by atoms with Gasteiger partial charge in [0.1, 0.15) is 0 Å². The topological polar surface area (TPSA) is 69.2 Å². The predicted molar refractivity (Wildman–Crippen MR) is 83.5 cm³/mol. The van der Waals surface area contributed by atoms with Gasteiger partial charge in [0.2, 0.25) is 0 Å². The van der Waals surface area contributed by atoms with Crippen LogP contribution in [0, 0.1) is 0 Å². The molecular weight excluding hydrogens is 284 g/mol. The summed E-state index contributed by atoms with van der Waals surface area (Å²) in [6.45, 7) is -0.0692. The minimum absolute atomic E-state index is 0.0692. The molecular formula is C16H22N2O4. The smallest absolute Gasteiger partial charge is 0.260 e. The van der Waals surface area contributed by atoms with E-state index < -0.39 is 0 Å². The Labute approximate surface area is 130 Å². The summed E-state index contributed by atoms with van der Waals surface area (Å²) in [6, 6.07) is 5.69. The van der Waals surface area contributed by atoms with Crippen molar-refractivity contribution in [2.24, 2.45) is 5.16 Å². The zero-order chi connectivity index (χ0) is 15.8. The third-order valence-electron chi connectivity index (χ3n) is 3.60. The third-order valence-corrected chi connectivity index (χ3v) is 3.60. The van der Waals surface area contributed by atoms with E-state index in [9.17, 15) is 4.79 Å². The van der Waals surface area contributed by atoms with Gasteiger partial charge in [-0.25, -0.2) is 0 Å². The number of carbonyl (C=O) groups is 1. The van der Waals surface area contributed by atoms with Gasteiger partial charge in [-0.2, -0.15) is 0 Å². The van der Waals surface area contributed by atoms with E-state index in [0.29, 0.717) is 17.5 Å². The Morgan fingerprint density at radius 2 is 2.00 bits per heavy atom. The number of oxime groups is 1. The van der Waals surface area contributed by atoms with E-state index in [-0.39, 0.29) is 12.5 Å². The average molecular weight is 306 g/mol. The summed E-state index contributed by atoms with van der Waals surface area (Å²) in [5, 5.41) is 6.74. The summed E-state index contributed by atoms with van der Waals surface area (Å²) in [7, 11) is 3.15. The van der Waals surface area contributed by atoms with Crippen LogP contribution in [-0.2, 0) is 9.63 Å². The van der Waals surface area contributed by atoms with Crippen molar-refractivity contribution >= 4 is 12.1 Å². The van der Waals surface area contributed by atoms with Crippen LogP contribution in [0.5, 0.6) is 11.5 Å². The molecule has 0 bridgehead atoms. The number of ether oxygens (including phenoxy) is 2. The molecule has 0 atom stereocenters. The van der Waals surface area contributed by atoms with E-state index in [2.05, 4.69) is 10.5 Å². The first kappa shape index (κ1) is 16.1. The number of hydrogen-bond donors (Lipinski definition) is 1. The lowest BCUT2D eigenvalue weighted by Crippen LogP contribution is -2.34. The summed E-state index contributed by atoms with van der Waals surface area (Å²) < 4.78 is 10.4. The Balaban J connectivity index is 1.78. The Hall–Kier alpha value is -2.24. The summed E-state index contributed by atoms with van der Waals surface area (Å²) in [5.41, 5.74) is 0.800. The van der Waals surface area contributed by atoms with Crippen LogP contribution in [0.3, 0.4) is 0 Å². The molecule has 1 amide bonds. The van der Waals surface area contributed by atoms with E-state index >= 15 is 0 Å². The van der Waals surface area contributed by atoms with Crippen molar-refractivity contribution in [3.8, 4) is 11.5 Å². The summed E-state index contributed by atoms with van der Waals surface area (Å²) in [5.74, 6) is 1.14. The van der Waals surface area contributed by atoms with Crippen LogP contribution in [0.4, 0.5) is 0 Å². The van der Waals surface area contributed by atoms with Crippen LogP contribution >= 0.6 is 0 Å². The molecule has 2 rings (SSSR count). The minimum Gasteiger partial charge on any atom is -0.493 e. The number of nitrogens with zero attached hydrogens (tertiary/aromatic N) is 1. The maximum atomic E-state index is 11.6. The molecule has 1 saturated carbocycles. The highest BCUT2D eigenvalue weighted by Gasteiger charge is 2.16. The predicted octanol–water partition coefficient (Wildman–Crippen LogP) is 2.11. The van der Waals surface area contributed by atoms with Gasteiger partial charge in [-0.3, -0.25) is 4.79 Å². The molecule has 1 aromatic rings. The lowest BCUT2D eigenvalue weighted by Gasteiger charge is -2.10. The molecule has 0 aromatic heterocycles. The average Bonchev–Trinajstić information content (AvgIpc) is 3.04. The molecule has 1 aliphatic rings. The van der Waals surface area contributed by atoms with E-state index in [4.69, 9.17) is 14.3 Å². The highest BCUT2D eigenvalue weighted by molar-refractivity contribution is 5.81. The number of nitrogens with one attached hydrogen (secondary N) is 1. The van der Waals surface area contributed by atoms with Gasteiger partial charge < -0.3 is 19.6 Å². The van der Waals surface area contributed by atoms with Gasteiger partial charge in [-0.1, -0.05) is 18.0 Å². The first-order valence-electron chi connectivity index (χ1n) is 7.39. The number of benzene rings is 1. The highest BCUT2D eigenvalue weighted by atomic mass is 16.6. The Bertz CT molecular complexity index is 525. The SMILES string of the molecule is COc1ccc(/C=N\OCC(=O)NC2CCCC2)cc1OC. The summed E-state index contributed by atoms with van der Waals surface area (Å²) in [4.78, 5) is 16.7. The van der Waals surface area contributed by atoms with E-state index in [1.165, 1.54) is 19.1 Å². The second-order valence-electron chi connectivity index (χ2n) is 5.17. The standard InChI is InChI=1S/C16H22N2O4/c1-20-14-8-7-12(9-15(14)21-2)10-17-22-11-16(19)18-13-5-3-4-6-13/h7-10,13H,3-6,11H2,1-2H3,(H,18,19)/b17-10-. The van der Waals surface area contributed by atoms with Crippen molar-refractivity contribution in [2.45, 2.75) is 31.7 Å². The third kappa shape index (κ3) is 4.65. The van der Waals surface area contributed by atoms with Crippen LogP contribution in [0.15, 0.2) is 23.4 Å². The Morgan fingerprint density at radius 1 is 1.27 bits per heavy atom. The van der Waals surface area contributed by atoms with E-state index in [0.717, 1.165) is 18.4 Å². The quantitative estimate of drug-likeness (QED) is 0.619. The molecule has 1 fully saturated rings. The largest absolute Gasteiger partial charge is 0.493 e. The number of methoxy groups -OCH3 is 2. The number of amides is 1. The van der Waals surface area contributed by atoms with Crippen LogP contribution in [0.25, 0.3) is 0 Å². The fourth-order valence-corrected chi connectivity index (χ4v) is 2.47. The molecule has 0 spiro atoms. The monoisotopic (exact) mass is 306 g/mol. The van der Waals surface area contributed by atoms with Gasteiger partial charge in [-0.15, -0.1) is 0 Å². The molecule has 0 heterocycles. The Morgan fingerprint density at radius 3 is 2.68 bits per heavy atom. The summed E-state index contributed by atoms with van der Waals surface area (Å²) >= 11 is 0. The molecule has 1 aromatic carbocycles.